The summed E-state index contributed by atoms with van der Waals surface area (Å²) < 4.78 is 0. The number of hydrogen-bond acceptors (Lipinski definition) is 3. The molecule has 0 saturated carbocycles. The van der Waals surface area contributed by atoms with Gasteiger partial charge in [0, 0.05) is 16.3 Å². The molecule has 0 aromatic heterocycles. The SMILES string of the molecule is O=C(NC(=S)Nc1ccc(Cl)c(C(=O)O)c1)c1ccc(Cl)cc1. The van der Waals surface area contributed by atoms with Gasteiger partial charge < -0.3 is 10.4 Å². The second-order valence-electron chi connectivity index (χ2n) is 4.41. The lowest BCUT2D eigenvalue weighted by Crippen LogP contribution is -2.34. The van der Waals surface area contributed by atoms with Gasteiger partial charge in [-0.1, -0.05) is 23.2 Å². The van der Waals surface area contributed by atoms with Crippen molar-refractivity contribution in [2.45, 2.75) is 0 Å². The monoisotopic (exact) mass is 368 g/mol. The van der Waals surface area contributed by atoms with Gasteiger partial charge in [0.1, 0.15) is 0 Å². The molecule has 0 aliphatic heterocycles. The number of benzene rings is 2. The van der Waals surface area contributed by atoms with E-state index in [1.165, 1.54) is 12.1 Å². The number of hydrogen-bond donors (Lipinski definition) is 3. The molecule has 2 rings (SSSR count). The molecule has 2 aromatic carbocycles. The van der Waals surface area contributed by atoms with Crippen LogP contribution in [-0.4, -0.2) is 22.1 Å². The lowest BCUT2D eigenvalue weighted by Gasteiger charge is -2.10. The highest BCUT2D eigenvalue weighted by Gasteiger charge is 2.11. The highest BCUT2D eigenvalue weighted by atomic mass is 35.5. The molecular formula is C15H10Cl2N2O3S. The molecule has 2 aromatic rings. The van der Waals surface area contributed by atoms with Crippen molar-refractivity contribution in [3.63, 3.8) is 0 Å². The lowest BCUT2D eigenvalue weighted by atomic mass is 10.2. The maximum Gasteiger partial charge on any atom is 0.337 e. The number of anilines is 1. The number of carbonyl (C=O) groups excluding carboxylic acids is 1. The van der Waals surface area contributed by atoms with Crippen molar-refractivity contribution in [1.29, 1.82) is 0 Å². The first-order chi connectivity index (χ1) is 10.9. The molecule has 0 aliphatic carbocycles. The molecule has 0 unspecified atom stereocenters. The smallest absolute Gasteiger partial charge is 0.337 e. The predicted octanol–water partition coefficient (Wildman–Crippen LogP) is 3.82. The van der Waals surface area contributed by atoms with Crippen LogP contribution in [0.15, 0.2) is 42.5 Å². The molecule has 0 bridgehead atoms. The van der Waals surface area contributed by atoms with Crippen molar-refractivity contribution >= 4 is 58.1 Å². The Labute approximate surface area is 147 Å². The van der Waals surface area contributed by atoms with E-state index in [4.69, 9.17) is 40.5 Å². The average molecular weight is 369 g/mol. The normalized spacial score (nSPS) is 10.0. The average Bonchev–Trinajstić information content (AvgIpc) is 2.49. The van der Waals surface area contributed by atoms with Gasteiger partial charge in [-0.25, -0.2) is 4.79 Å². The van der Waals surface area contributed by atoms with Crippen molar-refractivity contribution in [3.05, 3.63) is 63.6 Å². The third kappa shape index (κ3) is 4.66. The van der Waals surface area contributed by atoms with Gasteiger partial charge in [0.05, 0.1) is 10.6 Å². The van der Waals surface area contributed by atoms with Gasteiger partial charge in [-0.3, -0.25) is 10.1 Å². The van der Waals surface area contributed by atoms with Crippen LogP contribution >= 0.6 is 35.4 Å². The second kappa shape index (κ2) is 7.41. The molecule has 0 atom stereocenters. The maximum absolute atomic E-state index is 12.0. The summed E-state index contributed by atoms with van der Waals surface area (Å²) in [6.45, 7) is 0. The Morgan fingerprint density at radius 3 is 2.30 bits per heavy atom. The van der Waals surface area contributed by atoms with Gasteiger partial charge in [0.15, 0.2) is 5.11 Å². The highest BCUT2D eigenvalue weighted by molar-refractivity contribution is 7.80. The van der Waals surface area contributed by atoms with E-state index < -0.39 is 11.9 Å². The van der Waals surface area contributed by atoms with Crippen LogP contribution in [0.2, 0.25) is 10.0 Å². The molecule has 118 valence electrons. The number of nitrogens with one attached hydrogen (secondary N) is 2. The zero-order chi connectivity index (χ0) is 17.0. The standard InChI is InChI=1S/C15H10Cl2N2O3S/c16-9-3-1-8(2-4-9)13(20)19-15(23)18-10-5-6-12(17)11(7-10)14(21)22/h1-7H,(H,21,22)(H2,18,19,20,23). The summed E-state index contributed by atoms with van der Waals surface area (Å²) in [4.78, 5) is 23.0. The summed E-state index contributed by atoms with van der Waals surface area (Å²) in [5.41, 5.74) is 0.720. The molecule has 0 heterocycles. The number of carbonyl (C=O) groups is 2. The minimum Gasteiger partial charge on any atom is -0.478 e. The number of thiocarbonyl (C=S) groups is 1. The third-order valence-corrected chi connectivity index (χ3v) is 3.57. The van der Waals surface area contributed by atoms with Crippen molar-refractivity contribution in [1.82, 2.24) is 5.32 Å². The van der Waals surface area contributed by atoms with Gasteiger partial charge in [-0.2, -0.15) is 0 Å². The Morgan fingerprint density at radius 2 is 1.70 bits per heavy atom. The Bertz CT molecular complexity index is 779. The van der Waals surface area contributed by atoms with Gasteiger partial charge in [0.25, 0.3) is 5.91 Å². The van der Waals surface area contributed by atoms with Gasteiger partial charge in [-0.15, -0.1) is 0 Å². The van der Waals surface area contributed by atoms with Crippen LogP contribution in [0, 0.1) is 0 Å². The predicted molar refractivity (Wildman–Crippen MR) is 93.6 cm³/mol. The molecule has 23 heavy (non-hydrogen) atoms. The number of amides is 1. The summed E-state index contributed by atoms with van der Waals surface area (Å²) in [6.07, 6.45) is 0. The summed E-state index contributed by atoms with van der Waals surface area (Å²) in [5.74, 6) is -1.57. The minimum absolute atomic E-state index is 0.0311. The summed E-state index contributed by atoms with van der Waals surface area (Å²) in [5, 5.41) is 14.9. The molecule has 0 saturated heterocycles. The van der Waals surface area contributed by atoms with E-state index in [2.05, 4.69) is 10.6 Å². The number of halogens is 2. The van der Waals surface area contributed by atoms with Crippen LogP contribution in [-0.2, 0) is 0 Å². The van der Waals surface area contributed by atoms with E-state index in [1.807, 2.05) is 0 Å². The van der Waals surface area contributed by atoms with Crippen molar-refractivity contribution in [3.8, 4) is 0 Å². The van der Waals surface area contributed by atoms with Gasteiger partial charge >= 0.3 is 5.97 Å². The first-order valence-corrected chi connectivity index (χ1v) is 7.44. The zero-order valence-corrected chi connectivity index (χ0v) is 13.8. The van der Waals surface area contributed by atoms with E-state index in [9.17, 15) is 9.59 Å². The van der Waals surface area contributed by atoms with Crippen molar-refractivity contribution in [2.24, 2.45) is 0 Å². The summed E-state index contributed by atoms with van der Waals surface area (Å²) >= 11 is 16.6. The lowest BCUT2D eigenvalue weighted by molar-refractivity contribution is 0.0697. The molecule has 5 nitrogen and oxygen atoms in total. The van der Waals surface area contributed by atoms with Gasteiger partial charge in [0.2, 0.25) is 0 Å². The molecule has 3 N–H and O–H groups in total. The van der Waals surface area contributed by atoms with E-state index in [0.717, 1.165) is 0 Å². The molecular weight excluding hydrogens is 359 g/mol. The second-order valence-corrected chi connectivity index (χ2v) is 5.67. The minimum atomic E-state index is -1.16. The number of carboxylic acids is 1. The topological polar surface area (TPSA) is 78.4 Å². The molecule has 8 heteroatoms. The molecule has 0 radical (unpaired) electrons. The largest absolute Gasteiger partial charge is 0.478 e. The van der Waals surface area contributed by atoms with Crippen LogP contribution in [0.25, 0.3) is 0 Å². The van der Waals surface area contributed by atoms with Crippen LogP contribution in [0.5, 0.6) is 0 Å². The molecule has 0 fully saturated rings. The molecule has 0 aliphatic rings. The Balaban J connectivity index is 2.05. The van der Waals surface area contributed by atoms with Crippen LogP contribution in [0.4, 0.5) is 5.69 Å². The highest BCUT2D eigenvalue weighted by Crippen LogP contribution is 2.20. The fourth-order valence-corrected chi connectivity index (χ4v) is 2.24. The van der Waals surface area contributed by atoms with Crippen LogP contribution in [0.1, 0.15) is 20.7 Å². The zero-order valence-electron chi connectivity index (χ0n) is 11.5. The maximum atomic E-state index is 12.0. The van der Waals surface area contributed by atoms with Crippen LogP contribution in [0.3, 0.4) is 0 Å². The Kier molecular flexibility index (Phi) is 5.54. The molecule has 0 spiro atoms. The Hall–Kier alpha value is -2.15. The third-order valence-electron chi connectivity index (χ3n) is 2.79. The Morgan fingerprint density at radius 1 is 1.04 bits per heavy atom. The number of carboxylic acid groups (broad SMARTS) is 1. The van der Waals surface area contributed by atoms with E-state index in [0.29, 0.717) is 16.3 Å². The first kappa shape index (κ1) is 17.2. The van der Waals surface area contributed by atoms with E-state index >= 15 is 0 Å². The van der Waals surface area contributed by atoms with Crippen molar-refractivity contribution < 1.29 is 14.7 Å². The fraction of sp³-hybridized carbons (Fsp3) is 0. The quantitative estimate of drug-likeness (QED) is 0.717. The molecule has 1 amide bonds. The van der Waals surface area contributed by atoms with E-state index in [-0.39, 0.29) is 15.7 Å². The van der Waals surface area contributed by atoms with Crippen LogP contribution < -0.4 is 10.6 Å². The number of aromatic carboxylic acids is 1. The summed E-state index contributed by atoms with van der Waals surface area (Å²) in [6, 6.07) is 10.6. The first-order valence-electron chi connectivity index (χ1n) is 6.27. The van der Waals surface area contributed by atoms with E-state index in [1.54, 1.807) is 30.3 Å². The number of rotatable bonds is 3. The fourth-order valence-electron chi connectivity index (χ4n) is 1.71. The van der Waals surface area contributed by atoms with Crippen molar-refractivity contribution in [2.75, 3.05) is 5.32 Å². The summed E-state index contributed by atoms with van der Waals surface area (Å²) in [7, 11) is 0. The van der Waals surface area contributed by atoms with Gasteiger partial charge in [-0.05, 0) is 54.7 Å².